The topological polar surface area (TPSA) is 62.3 Å². The lowest BCUT2D eigenvalue weighted by atomic mass is 10.1. The third-order valence-corrected chi connectivity index (χ3v) is 3.25. The minimum Gasteiger partial charge on any atom is -0.354 e. The number of pyridine rings is 1. The van der Waals surface area contributed by atoms with E-state index in [1.165, 1.54) is 0 Å². The number of rotatable bonds is 2. The minimum atomic E-state index is -0.101. The van der Waals surface area contributed by atoms with E-state index in [0.29, 0.717) is 36.8 Å². The average Bonchev–Trinajstić information content (AvgIpc) is 2.62. The van der Waals surface area contributed by atoms with Crippen LogP contribution in [0.4, 0.5) is 0 Å². The van der Waals surface area contributed by atoms with Gasteiger partial charge in [0.05, 0.1) is 0 Å². The second kappa shape index (κ2) is 6.02. The first kappa shape index (κ1) is 13.8. The van der Waals surface area contributed by atoms with E-state index < -0.39 is 0 Å². The van der Waals surface area contributed by atoms with Crippen LogP contribution in [0.3, 0.4) is 0 Å². The SMILES string of the molecule is CCc1cc(C(=O)N2CCNC(=O)CC2)cc(Cl)n1. The second-order valence-corrected chi connectivity index (χ2v) is 4.80. The maximum absolute atomic E-state index is 12.4. The molecule has 0 spiro atoms. The molecule has 0 aliphatic carbocycles. The average molecular weight is 282 g/mol. The van der Waals surface area contributed by atoms with Crippen LogP contribution in [0, 0.1) is 0 Å². The summed E-state index contributed by atoms with van der Waals surface area (Å²) in [5.74, 6) is -0.118. The summed E-state index contributed by atoms with van der Waals surface area (Å²) in [4.78, 5) is 29.5. The van der Waals surface area contributed by atoms with Crippen LogP contribution in [-0.2, 0) is 11.2 Å². The fourth-order valence-electron chi connectivity index (χ4n) is 2.01. The predicted octanol–water partition coefficient (Wildman–Crippen LogP) is 1.26. The molecule has 0 saturated carbocycles. The Morgan fingerprint density at radius 2 is 2.26 bits per heavy atom. The third kappa shape index (κ3) is 3.44. The molecule has 2 heterocycles. The molecule has 102 valence electrons. The van der Waals surface area contributed by atoms with Crippen molar-refractivity contribution in [3.05, 3.63) is 28.5 Å². The number of aromatic nitrogens is 1. The summed E-state index contributed by atoms with van der Waals surface area (Å²) < 4.78 is 0. The third-order valence-electron chi connectivity index (χ3n) is 3.06. The van der Waals surface area contributed by atoms with E-state index in [-0.39, 0.29) is 11.8 Å². The van der Waals surface area contributed by atoms with E-state index >= 15 is 0 Å². The van der Waals surface area contributed by atoms with Gasteiger partial charge in [0, 0.05) is 37.3 Å². The van der Waals surface area contributed by atoms with Gasteiger partial charge in [0.1, 0.15) is 5.15 Å². The Balaban J connectivity index is 2.18. The van der Waals surface area contributed by atoms with Crippen LogP contribution in [0.1, 0.15) is 29.4 Å². The zero-order valence-electron chi connectivity index (χ0n) is 10.8. The minimum absolute atomic E-state index is 0.0164. The highest BCUT2D eigenvalue weighted by atomic mass is 35.5. The molecule has 0 atom stereocenters. The predicted molar refractivity (Wildman–Crippen MR) is 72.2 cm³/mol. The highest BCUT2D eigenvalue weighted by Gasteiger charge is 2.20. The molecule has 1 aromatic rings. The molecule has 1 fully saturated rings. The number of aryl methyl sites for hydroxylation is 1. The van der Waals surface area contributed by atoms with Gasteiger partial charge in [-0.3, -0.25) is 9.59 Å². The molecule has 1 aliphatic rings. The van der Waals surface area contributed by atoms with Gasteiger partial charge >= 0.3 is 0 Å². The Hall–Kier alpha value is -1.62. The van der Waals surface area contributed by atoms with Gasteiger partial charge in [0.15, 0.2) is 0 Å². The lowest BCUT2D eigenvalue weighted by Crippen LogP contribution is -2.34. The Morgan fingerprint density at radius 1 is 1.47 bits per heavy atom. The molecule has 1 aliphatic heterocycles. The van der Waals surface area contributed by atoms with Crippen molar-refractivity contribution in [3.63, 3.8) is 0 Å². The lowest BCUT2D eigenvalue weighted by molar-refractivity contribution is -0.120. The fourth-order valence-corrected chi connectivity index (χ4v) is 2.23. The Bertz CT molecular complexity index is 505. The zero-order chi connectivity index (χ0) is 13.8. The second-order valence-electron chi connectivity index (χ2n) is 4.42. The molecule has 19 heavy (non-hydrogen) atoms. The van der Waals surface area contributed by atoms with Gasteiger partial charge in [-0.1, -0.05) is 18.5 Å². The Labute approximate surface area is 117 Å². The summed E-state index contributed by atoms with van der Waals surface area (Å²) >= 11 is 5.92. The standard InChI is InChI=1S/C13H16ClN3O2/c1-2-10-7-9(8-11(14)16-10)13(19)17-5-3-12(18)15-4-6-17/h7-8H,2-6H2,1H3,(H,15,18). The van der Waals surface area contributed by atoms with E-state index in [1.807, 2.05) is 6.92 Å². The van der Waals surface area contributed by atoms with Crippen molar-refractivity contribution < 1.29 is 9.59 Å². The Morgan fingerprint density at radius 3 is 3.00 bits per heavy atom. The zero-order valence-corrected chi connectivity index (χ0v) is 11.5. The van der Waals surface area contributed by atoms with E-state index in [0.717, 1.165) is 12.1 Å². The summed E-state index contributed by atoms with van der Waals surface area (Å²) in [7, 11) is 0. The molecule has 2 amide bonds. The first-order valence-electron chi connectivity index (χ1n) is 6.32. The van der Waals surface area contributed by atoms with Gasteiger partial charge in [-0.25, -0.2) is 4.98 Å². The number of nitrogens with zero attached hydrogens (tertiary/aromatic N) is 2. The summed E-state index contributed by atoms with van der Waals surface area (Å²) in [6.07, 6.45) is 1.06. The van der Waals surface area contributed by atoms with Crippen LogP contribution in [0.2, 0.25) is 5.15 Å². The number of nitrogens with one attached hydrogen (secondary N) is 1. The summed E-state index contributed by atoms with van der Waals surface area (Å²) in [6, 6.07) is 3.33. The molecular formula is C13H16ClN3O2. The van der Waals surface area contributed by atoms with Crippen molar-refractivity contribution >= 4 is 23.4 Å². The molecule has 0 bridgehead atoms. The molecular weight excluding hydrogens is 266 g/mol. The van der Waals surface area contributed by atoms with Gasteiger partial charge in [-0.2, -0.15) is 0 Å². The van der Waals surface area contributed by atoms with Gasteiger partial charge < -0.3 is 10.2 Å². The number of hydrogen-bond acceptors (Lipinski definition) is 3. The normalized spacial score (nSPS) is 15.9. The maximum Gasteiger partial charge on any atom is 0.254 e. The largest absolute Gasteiger partial charge is 0.354 e. The molecule has 1 N–H and O–H groups in total. The van der Waals surface area contributed by atoms with E-state index in [4.69, 9.17) is 11.6 Å². The highest BCUT2D eigenvalue weighted by Crippen LogP contribution is 2.14. The van der Waals surface area contributed by atoms with Crippen LogP contribution in [-0.4, -0.2) is 41.3 Å². The lowest BCUT2D eigenvalue weighted by Gasteiger charge is -2.19. The van der Waals surface area contributed by atoms with E-state index in [1.54, 1.807) is 17.0 Å². The van der Waals surface area contributed by atoms with Crippen molar-refractivity contribution in [2.45, 2.75) is 19.8 Å². The monoisotopic (exact) mass is 281 g/mol. The van der Waals surface area contributed by atoms with E-state index in [9.17, 15) is 9.59 Å². The number of carbonyl (C=O) groups excluding carboxylic acids is 2. The van der Waals surface area contributed by atoms with Crippen molar-refractivity contribution in [3.8, 4) is 0 Å². The van der Waals surface area contributed by atoms with Gasteiger partial charge in [-0.15, -0.1) is 0 Å². The molecule has 6 heteroatoms. The summed E-state index contributed by atoms with van der Waals surface area (Å²) in [5.41, 5.74) is 1.33. The van der Waals surface area contributed by atoms with Gasteiger partial charge in [-0.05, 0) is 18.6 Å². The number of amides is 2. The van der Waals surface area contributed by atoms with Gasteiger partial charge in [0.2, 0.25) is 5.91 Å². The van der Waals surface area contributed by atoms with E-state index in [2.05, 4.69) is 10.3 Å². The first-order chi connectivity index (χ1) is 9.10. The maximum atomic E-state index is 12.4. The fraction of sp³-hybridized carbons (Fsp3) is 0.462. The molecule has 0 aromatic carbocycles. The molecule has 1 aromatic heterocycles. The van der Waals surface area contributed by atoms with Gasteiger partial charge in [0.25, 0.3) is 5.91 Å². The van der Waals surface area contributed by atoms with Crippen LogP contribution >= 0.6 is 11.6 Å². The summed E-state index contributed by atoms with van der Waals surface area (Å²) in [5, 5.41) is 3.07. The highest BCUT2D eigenvalue weighted by molar-refractivity contribution is 6.29. The smallest absolute Gasteiger partial charge is 0.254 e. The number of carbonyl (C=O) groups is 2. The van der Waals surface area contributed by atoms with Crippen molar-refractivity contribution in [1.29, 1.82) is 0 Å². The quantitative estimate of drug-likeness (QED) is 0.830. The first-order valence-corrected chi connectivity index (χ1v) is 6.70. The molecule has 1 saturated heterocycles. The van der Waals surface area contributed by atoms with Crippen molar-refractivity contribution in [2.24, 2.45) is 0 Å². The number of hydrogen-bond donors (Lipinski definition) is 1. The molecule has 0 unspecified atom stereocenters. The van der Waals surface area contributed by atoms with Crippen LogP contribution in [0.15, 0.2) is 12.1 Å². The van der Waals surface area contributed by atoms with Crippen molar-refractivity contribution in [1.82, 2.24) is 15.2 Å². The molecule has 0 radical (unpaired) electrons. The van der Waals surface area contributed by atoms with Crippen LogP contribution < -0.4 is 5.32 Å². The van der Waals surface area contributed by atoms with Crippen LogP contribution in [0.5, 0.6) is 0 Å². The van der Waals surface area contributed by atoms with Crippen molar-refractivity contribution in [2.75, 3.05) is 19.6 Å². The Kier molecular flexibility index (Phi) is 4.37. The number of halogens is 1. The molecule has 5 nitrogen and oxygen atoms in total. The summed E-state index contributed by atoms with van der Waals surface area (Å²) in [6.45, 7) is 3.41. The molecule has 2 rings (SSSR count). The van der Waals surface area contributed by atoms with Crippen LogP contribution in [0.25, 0.3) is 0 Å².